The zero-order valence-electron chi connectivity index (χ0n) is 39.1. The van der Waals surface area contributed by atoms with Gasteiger partial charge in [0.1, 0.15) is 23.0 Å². The van der Waals surface area contributed by atoms with Crippen LogP contribution in [0.4, 0.5) is 0 Å². The van der Waals surface area contributed by atoms with Crippen LogP contribution >= 0.6 is 22.7 Å². The van der Waals surface area contributed by atoms with Gasteiger partial charge in [-0.25, -0.2) is 0 Å². The number of aryl methyl sites for hydroxylation is 2. The van der Waals surface area contributed by atoms with Crippen LogP contribution in [0.2, 0.25) is 0 Å². The minimum atomic E-state index is 0.635. The second-order valence-electron chi connectivity index (χ2n) is 18.8. The number of fused-ring (bicyclic) bond motifs is 14. The van der Waals surface area contributed by atoms with Crippen molar-refractivity contribution < 1.29 is 18.9 Å². The Morgan fingerprint density at radius 1 is 0.348 bits per heavy atom. The summed E-state index contributed by atoms with van der Waals surface area (Å²) in [6.07, 6.45) is 6.96. The maximum Gasteiger partial charge on any atom is 0.136 e. The molecule has 0 N–H and O–H groups in total. The van der Waals surface area contributed by atoms with Crippen molar-refractivity contribution in [2.75, 3.05) is 26.4 Å². The Hall–Kier alpha value is -6.86. The molecule has 0 bridgehead atoms. The highest BCUT2D eigenvalue weighted by molar-refractivity contribution is 7.16. The van der Waals surface area contributed by atoms with Crippen molar-refractivity contribution in [3.8, 4) is 66.1 Å². The third-order valence-corrected chi connectivity index (χ3v) is 16.8. The summed E-state index contributed by atoms with van der Waals surface area (Å²) in [5.41, 5.74) is 12.4. The minimum Gasteiger partial charge on any atom is -0.493 e. The summed E-state index contributed by atoms with van der Waals surface area (Å²) in [5.74, 6) is 3.73. The molecule has 3 aliphatic rings. The average Bonchev–Trinajstić information content (AvgIpc) is 4.13. The van der Waals surface area contributed by atoms with Crippen LogP contribution in [0.25, 0.3) is 97.4 Å². The molecule has 2 aliphatic heterocycles. The third kappa shape index (κ3) is 7.30. The smallest absolute Gasteiger partial charge is 0.136 e. The van der Waals surface area contributed by atoms with E-state index in [1.807, 2.05) is 22.7 Å². The first-order chi connectivity index (χ1) is 34.1. The van der Waals surface area contributed by atoms with E-state index in [9.17, 15) is 0 Å². The lowest BCUT2D eigenvalue weighted by Gasteiger charge is -2.23. The zero-order chi connectivity index (χ0) is 46.0. The van der Waals surface area contributed by atoms with Gasteiger partial charge in [-0.2, -0.15) is 0 Å². The summed E-state index contributed by atoms with van der Waals surface area (Å²) in [6.45, 7) is 7.23. The molecule has 0 saturated carbocycles. The number of hydrogen-bond acceptors (Lipinski definition) is 6. The molecule has 0 atom stereocenters. The van der Waals surface area contributed by atoms with Crippen molar-refractivity contribution >= 4 is 76.9 Å². The van der Waals surface area contributed by atoms with Crippen molar-refractivity contribution in [3.63, 3.8) is 0 Å². The maximum absolute atomic E-state index is 7.05. The first kappa shape index (κ1) is 42.3. The molecule has 0 spiro atoms. The van der Waals surface area contributed by atoms with Gasteiger partial charge in [-0.05, 0) is 161 Å². The molecule has 69 heavy (non-hydrogen) atoms. The monoisotopic (exact) mass is 936 g/mol. The van der Waals surface area contributed by atoms with E-state index in [1.54, 1.807) is 0 Å². The highest BCUT2D eigenvalue weighted by Gasteiger charge is 2.29. The summed E-state index contributed by atoms with van der Waals surface area (Å²) < 4.78 is 27.4. The van der Waals surface area contributed by atoms with Gasteiger partial charge < -0.3 is 18.9 Å². The Kier molecular flexibility index (Phi) is 10.8. The fourth-order valence-corrected chi connectivity index (χ4v) is 13.5. The average molecular weight is 937 g/mol. The lowest BCUT2D eigenvalue weighted by Crippen LogP contribution is -2.07. The van der Waals surface area contributed by atoms with Crippen molar-refractivity contribution in [3.05, 3.63) is 166 Å². The predicted molar refractivity (Wildman–Crippen MR) is 291 cm³/mol. The Morgan fingerprint density at radius 3 is 1.16 bits per heavy atom. The Labute approximate surface area is 411 Å². The number of thiophene rings is 2. The quantitative estimate of drug-likeness (QED) is 0.176. The van der Waals surface area contributed by atoms with Gasteiger partial charge in [0.2, 0.25) is 0 Å². The van der Waals surface area contributed by atoms with Gasteiger partial charge in [0.25, 0.3) is 0 Å². The number of rotatable bonds is 4. The first-order valence-electron chi connectivity index (χ1n) is 24.7. The number of ether oxygens (including phenoxy) is 4. The largest absolute Gasteiger partial charge is 0.493 e. The topological polar surface area (TPSA) is 36.9 Å². The van der Waals surface area contributed by atoms with Gasteiger partial charge in [-0.3, -0.25) is 0 Å². The first-order valence-corrected chi connectivity index (χ1v) is 26.3. The molecule has 1 aliphatic carbocycles. The molecule has 10 aromatic rings. The molecular formula is C63H52O4S2. The van der Waals surface area contributed by atoms with Crippen LogP contribution in [0, 0.1) is 13.8 Å². The van der Waals surface area contributed by atoms with Crippen molar-refractivity contribution in [2.24, 2.45) is 0 Å². The molecule has 0 amide bonds. The molecule has 0 saturated heterocycles. The molecule has 4 nitrogen and oxygen atoms in total. The second kappa shape index (κ2) is 17.6. The van der Waals surface area contributed by atoms with E-state index in [0.717, 1.165) is 101 Å². The number of benzene rings is 8. The highest BCUT2D eigenvalue weighted by atomic mass is 32.1. The van der Waals surface area contributed by atoms with E-state index in [1.165, 1.54) is 84.9 Å². The molecule has 0 fully saturated rings. The van der Waals surface area contributed by atoms with E-state index in [2.05, 4.69) is 159 Å². The van der Waals surface area contributed by atoms with Crippen molar-refractivity contribution in [2.45, 2.75) is 58.8 Å². The van der Waals surface area contributed by atoms with E-state index in [-0.39, 0.29) is 0 Å². The predicted octanol–water partition coefficient (Wildman–Crippen LogP) is 17.9. The van der Waals surface area contributed by atoms with Crippen molar-refractivity contribution in [1.82, 2.24) is 0 Å². The lowest BCUT2D eigenvalue weighted by atomic mass is 9.89. The summed E-state index contributed by atoms with van der Waals surface area (Å²) in [7, 11) is 0. The standard InChI is InChI=1S/C63H52O4S2/c1-38-50(36-56(68-38)52-34-42-18-5-9-22-46(42)60-58-44-20-7-3-16-40(44)26-28-54(58)64-30-11-13-32-66-62(52)60)48-24-15-25-49(48)51-37-57(69-39(51)2)53-35-43-19-6-10-23-47(43)61-59-45-21-8-4-17-41(45)27-29-55(59)65-31-12-14-33-67-63(53)61/h3-10,16-23,26-29,34-37H,11-15,24-25,30-33H2,1-2H3. The highest BCUT2D eigenvalue weighted by Crippen LogP contribution is 2.55. The molecule has 0 unspecified atom stereocenters. The fourth-order valence-electron chi connectivity index (χ4n) is 11.4. The number of allylic oxidation sites excluding steroid dienone is 2. The van der Waals surface area contributed by atoms with Crippen LogP contribution in [0.3, 0.4) is 0 Å². The SMILES string of the molecule is Cc1sc(-c2cc3ccccc3c3c2OCCCCOc2ccc4ccccc4c2-3)cc1C1=C(c2cc(-c3cc4ccccc4c4c3OCCCCOc3ccc5ccccc5c3-4)sc2C)CCC1. The molecule has 6 heteroatoms. The molecule has 0 radical (unpaired) electrons. The zero-order valence-corrected chi connectivity index (χ0v) is 40.7. The Balaban J connectivity index is 0.968. The van der Waals surface area contributed by atoms with Crippen LogP contribution in [-0.4, -0.2) is 26.4 Å². The fraction of sp³-hybridized carbons (Fsp3) is 0.206. The van der Waals surface area contributed by atoms with Gasteiger partial charge >= 0.3 is 0 Å². The van der Waals surface area contributed by atoms with Crippen LogP contribution in [-0.2, 0) is 0 Å². The Morgan fingerprint density at radius 2 is 0.725 bits per heavy atom. The summed E-state index contributed by atoms with van der Waals surface area (Å²) >= 11 is 3.79. The lowest BCUT2D eigenvalue weighted by molar-refractivity contribution is 0.265. The van der Waals surface area contributed by atoms with Crippen LogP contribution in [0.15, 0.2) is 146 Å². The van der Waals surface area contributed by atoms with Crippen LogP contribution < -0.4 is 18.9 Å². The minimum absolute atomic E-state index is 0.635. The van der Waals surface area contributed by atoms with Gasteiger partial charge in [0, 0.05) is 52.9 Å². The Bertz CT molecular complexity index is 3460. The van der Waals surface area contributed by atoms with Gasteiger partial charge in [-0.15, -0.1) is 22.7 Å². The van der Waals surface area contributed by atoms with E-state index in [0.29, 0.717) is 26.4 Å². The molecule has 4 heterocycles. The molecule has 13 rings (SSSR count). The summed E-state index contributed by atoms with van der Waals surface area (Å²) in [5, 5.41) is 9.49. The van der Waals surface area contributed by atoms with Crippen LogP contribution in [0.5, 0.6) is 23.0 Å². The second-order valence-corrected chi connectivity index (χ2v) is 21.3. The van der Waals surface area contributed by atoms with Gasteiger partial charge in [0.15, 0.2) is 0 Å². The van der Waals surface area contributed by atoms with E-state index in [4.69, 9.17) is 18.9 Å². The number of hydrogen-bond donors (Lipinski definition) is 0. The maximum atomic E-state index is 7.05. The third-order valence-electron chi connectivity index (χ3n) is 14.6. The van der Waals surface area contributed by atoms with Crippen molar-refractivity contribution in [1.29, 1.82) is 0 Å². The van der Waals surface area contributed by atoms with Crippen LogP contribution in [0.1, 0.15) is 65.8 Å². The summed E-state index contributed by atoms with van der Waals surface area (Å²) in [4.78, 5) is 5.16. The molecule has 2 aromatic heterocycles. The molecule has 340 valence electrons. The normalized spacial score (nSPS) is 15.2. The molecule has 8 aromatic carbocycles. The van der Waals surface area contributed by atoms with Gasteiger partial charge in [-0.1, -0.05) is 109 Å². The molecular weight excluding hydrogens is 885 g/mol. The summed E-state index contributed by atoms with van der Waals surface area (Å²) in [6, 6.07) is 53.4. The van der Waals surface area contributed by atoms with Gasteiger partial charge in [0.05, 0.1) is 26.4 Å². The van der Waals surface area contributed by atoms with E-state index < -0.39 is 0 Å². The van der Waals surface area contributed by atoms with E-state index >= 15 is 0 Å².